The van der Waals surface area contributed by atoms with Gasteiger partial charge in [0.15, 0.2) is 0 Å². The number of amides is 1. The molecule has 1 aliphatic rings. The lowest BCUT2D eigenvalue weighted by Crippen LogP contribution is -2.30. The SMILES string of the molecule is O=C(CSc1nnc(-c2ccccc2)o1)Nc1cccc(Cl)c1N1CCCCC1. The van der Waals surface area contributed by atoms with Gasteiger partial charge in [0.1, 0.15) is 0 Å². The Bertz CT molecular complexity index is 974. The summed E-state index contributed by atoms with van der Waals surface area (Å²) < 4.78 is 5.64. The number of piperidine rings is 1. The van der Waals surface area contributed by atoms with Crippen LogP contribution in [0.3, 0.4) is 0 Å². The number of aromatic nitrogens is 2. The second kappa shape index (κ2) is 9.33. The van der Waals surface area contributed by atoms with Crippen LogP contribution in [0.2, 0.25) is 5.02 Å². The summed E-state index contributed by atoms with van der Waals surface area (Å²) in [5.74, 6) is 0.466. The molecule has 1 N–H and O–H groups in total. The molecular formula is C21H21ClN4O2S. The Morgan fingerprint density at radius 3 is 2.66 bits per heavy atom. The Morgan fingerprint density at radius 2 is 1.86 bits per heavy atom. The number of carbonyl (C=O) groups is 1. The van der Waals surface area contributed by atoms with Gasteiger partial charge in [-0.15, -0.1) is 10.2 Å². The second-order valence-electron chi connectivity index (χ2n) is 6.76. The third kappa shape index (κ3) is 4.92. The summed E-state index contributed by atoms with van der Waals surface area (Å²) in [7, 11) is 0. The Balaban J connectivity index is 1.39. The van der Waals surface area contributed by atoms with Crippen LogP contribution in [0.1, 0.15) is 19.3 Å². The highest BCUT2D eigenvalue weighted by molar-refractivity contribution is 7.99. The summed E-state index contributed by atoms with van der Waals surface area (Å²) in [6.07, 6.45) is 3.50. The standard InChI is InChI=1S/C21H21ClN4O2S/c22-16-10-7-11-17(19(16)26-12-5-2-6-13-26)23-18(27)14-29-21-25-24-20(28-21)15-8-3-1-4-9-15/h1,3-4,7-11H,2,5-6,12-14H2,(H,23,27). The van der Waals surface area contributed by atoms with Gasteiger partial charge in [-0.2, -0.15) is 0 Å². The van der Waals surface area contributed by atoms with Gasteiger partial charge in [0, 0.05) is 18.7 Å². The Labute approximate surface area is 178 Å². The van der Waals surface area contributed by atoms with Crippen LogP contribution in [0.25, 0.3) is 11.5 Å². The van der Waals surface area contributed by atoms with Crippen molar-refractivity contribution in [2.75, 3.05) is 29.1 Å². The van der Waals surface area contributed by atoms with Crippen molar-refractivity contribution in [1.29, 1.82) is 0 Å². The Kier molecular flexibility index (Phi) is 6.36. The molecule has 2 aromatic carbocycles. The van der Waals surface area contributed by atoms with Gasteiger partial charge in [0.25, 0.3) is 5.22 Å². The van der Waals surface area contributed by atoms with Crippen molar-refractivity contribution >= 4 is 40.6 Å². The van der Waals surface area contributed by atoms with Crippen LogP contribution in [0.4, 0.5) is 11.4 Å². The zero-order chi connectivity index (χ0) is 20.1. The maximum absolute atomic E-state index is 12.5. The summed E-state index contributed by atoms with van der Waals surface area (Å²) in [5.41, 5.74) is 2.48. The van der Waals surface area contributed by atoms with Crippen molar-refractivity contribution < 1.29 is 9.21 Å². The number of nitrogens with one attached hydrogen (secondary N) is 1. The molecule has 1 saturated heterocycles. The first kappa shape index (κ1) is 19.8. The largest absolute Gasteiger partial charge is 0.411 e. The van der Waals surface area contributed by atoms with Crippen molar-refractivity contribution in [3.8, 4) is 11.5 Å². The van der Waals surface area contributed by atoms with Gasteiger partial charge < -0.3 is 14.6 Å². The average molecular weight is 429 g/mol. The fourth-order valence-corrected chi connectivity index (χ4v) is 4.19. The van der Waals surface area contributed by atoms with Crippen LogP contribution < -0.4 is 10.2 Å². The molecule has 0 spiro atoms. The summed E-state index contributed by atoms with van der Waals surface area (Å²) in [5, 5.41) is 12.1. The molecule has 0 atom stereocenters. The van der Waals surface area contributed by atoms with Crippen LogP contribution in [-0.4, -0.2) is 34.9 Å². The summed E-state index contributed by atoms with van der Waals surface area (Å²) >= 11 is 7.66. The van der Waals surface area contributed by atoms with E-state index in [1.807, 2.05) is 48.5 Å². The van der Waals surface area contributed by atoms with E-state index in [0.29, 0.717) is 16.1 Å². The zero-order valence-electron chi connectivity index (χ0n) is 15.8. The van der Waals surface area contributed by atoms with Gasteiger partial charge >= 0.3 is 0 Å². The number of carbonyl (C=O) groups excluding carboxylic acids is 1. The first-order valence-electron chi connectivity index (χ1n) is 9.56. The molecule has 0 unspecified atom stereocenters. The summed E-state index contributed by atoms with van der Waals surface area (Å²) in [6.45, 7) is 1.90. The fraction of sp³-hybridized carbons (Fsp3) is 0.286. The first-order chi connectivity index (χ1) is 14.2. The van der Waals surface area contributed by atoms with Gasteiger partial charge in [0.05, 0.1) is 22.2 Å². The van der Waals surface area contributed by atoms with Gasteiger partial charge in [-0.05, 0) is 43.5 Å². The fourth-order valence-electron chi connectivity index (χ4n) is 3.33. The number of rotatable bonds is 6. The molecule has 4 rings (SSSR count). The van der Waals surface area contributed by atoms with Crippen molar-refractivity contribution in [2.24, 2.45) is 0 Å². The van der Waals surface area contributed by atoms with E-state index in [2.05, 4.69) is 20.4 Å². The molecule has 1 fully saturated rings. The third-order valence-electron chi connectivity index (χ3n) is 4.69. The maximum atomic E-state index is 12.5. The van der Waals surface area contributed by atoms with Crippen molar-refractivity contribution in [2.45, 2.75) is 24.5 Å². The number of anilines is 2. The first-order valence-corrected chi connectivity index (χ1v) is 10.9. The highest BCUT2D eigenvalue weighted by atomic mass is 35.5. The van der Waals surface area contributed by atoms with Crippen LogP contribution >= 0.6 is 23.4 Å². The molecule has 0 saturated carbocycles. The molecular weight excluding hydrogens is 408 g/mol. The molecule has 1 amide bonds. The molecule has 3 aromatic rings. The molecule has 150 valence electrons. The number of benzene rings is 2. The minimum Gasteiger partial charge on any atom is -0.411 e. The minimum atomic E-state index is -0.144. The van der Waals surface area contributed by atoms with Crippen LogP contribution in [0, 0.1) is 0 Å². The predicted molar refractivity (Wildman–Crippen MR) is 117 cm³/mol. The van der Waals surface area contributed by atoms with E-state index in [4.69, 9.17) is 16.0 Å². The van der Waals surface area contributed by atoms with Crippen LogP contribution in [0.5, 0.6) is 0 Å². The lowest BCUT2D eigenvalue weighted by molar-refractivity contribution is -0.113. The number of halogens is 1. The monoisotopic (exact) mass is 428 g/mol. The second-order valence-corrected chi connectivity index (χ2v) is 8.09. The Morgan fingerprint density at radius 1 is 1.07 bits per heavy atom. The predicted octanol–water partition coefficient (Wildman–Crippen LogP) is 5.11. The van der Waals surface area contributed by atoms with Gasteiger partial charge in [0.2, 0.25) is 11.8 Å². The normalized spacial score (nSPS) is 14.0. The van der Waals surface area contributed by atoms with Crippen LogP contribution in [0.15, 0.2) is 58.2 Å². The highest BCUT2D eigenvalue weighted by Crippen LogP contribution is 2.35. The molecule has 1 aromatic heterocycles. The number of para-hydroxylation sites is 1. The van der Waals surface area contributed by atoms with E-state index in [0.717, 1.165) is 42.9 Å². The third-order valence-corrected chi connectivity index (χ3v) is 5.81. The average Bonchev–Trinajstić information content (AvgIpc) is 3.23. The van der Waals surface area contributed by atoms with E-state index in [-0.39, 0.29) is 11.7 Å². The maximum Gasteiger partial charge on any atom is 0.277 e. The van der Waals surface area contributed by atoms with Crippen molar-refractivity contribution in [1.82, 2.24) is 10.2 Å². The molecule has 6 nitrogen and oxygen atoms in total. The van der Waals surface area contributed by atoms with E-state index >= 15 is 0 Å². The van der Waals surface area contributed by atoms with E-state index in [9.17, 15) is 4.79 Å². The lowest BCUT2D eigenvalue weighted by Gasteiger charge is -2.31. The number of hydrogen-bond donors (Lipinski definition) is 1. The lowest BCUT2D eigenvalue weighted by atomic mass is 10.1. The molecule has 29 heavy (non-hydrogen) atoms. The quantitative estimate of drug-likeness (QED) is 0.550. The number of hydrogen-bond acceptors (Lipinski definition) is 6. The molecule has 0 aliphatic carbocycles. The van der Waals surface area contributed by atoms with Gasteiger partial charge in [-0.3, -0.25) is 4.79 Å². The number of nitrogens with zero attached hydrogens (tertiary/aromatic N) is 3. The van der Waals surface area contributed by atoms with Gasteiger partial charge in [-0.1, -0.05) is 47.6 Å². The van der Waals surface area contributed by atoms with Crippen LogP contribution in [-0.2, 0) is 4.79 Å². The number of thioether (sulfide) groups is 1. The zero-order valence-corrected chi connectivity index (χ0v) is 17.4. The molecule has 8 heteroatoms. The van der Waals surface area contributed by atoms with Crippen molar-refractivity contribution in [3.05, 3.63) is 53.6 Å². The molecule has 0 bridgehead atoms. The Hall–Kier alpha value is -2.51. The summed E-state index contributed by atoms with van der Waals surface area (Å²) in [4.78, 5) is 14.8. The summed E-state index contributed by atoms with van der Waals surface area (Å²) in [6, 6.07) is 15.1. The molecule has 0 radical (unpaired) electrons. The highest BCUT2D eigenvalue weighted by Gasteiger charge is 2.19. The van der Waals surface area contributed by atoms with E-state index in [1.165, 1.54) is 18.2 Å². The minimum absolute atomic E-state index is 0.144. The van der Waals surface area contributed by atoms with Crippen molar-refractivity contribution in [3.63, 3.8) is 0 Å². The molecule has 1 aliphatic heterocycles. The van der Waals surface area contributed by atoms with E-state index < -0.39 is 0 Å². The topological polar surface area (TPSA) is 71.3 Å². The smallest absolute Gasteiger partial charge is 0.277 e. The molecule has 2 heterocycles. The van der Waals surface area contributed by atoms with Gasteiger partial charge in [-0.25, -0.2) is 0 Å². The van der Waals surface area contributed by atoms with E-state index in [1.54, 1.807) is 0 Å².